The van der Waals surface area contributed by atoms with Gasteiger partial charge < -0.3 is 15.7 Å². The molecule has 1 aliphatic rings. The molecule has 0 bridgehead atoms. The molecule has 0 saturated carbocycles. The van der Waals surface area contributed by atoms with E-state index in [4.69, 9.17) is 10.1 Å². The lowest BCUT2D eigenvalue weighted by Gasteiger charge is -2.21. The van der Waals surface area contributed by atoms with Crippen LogP contribution in [0.1, 0.15) is 88.3 Å². The van der Waals surface area contributed by atoms with E-state index in [9.17, 15) is 4.79 Å². The number of hydrogen-bond acceptors (Lipinski definition) is 3. The second kappa shape index (κ2) is 13.2. The molecule has 1 heterocycles. The molecule has 5 heteroatoms. The number of pyridine rings is 1. The van der Waals surface area contributed by atoms with Crippen molar-refractivity contribution in [1.29, 1.82) is 0 Å². The Labute approximate surface area is 187 Å². The maximum absolute atomic E-state index is 10.4. The second-order valence-corrected chi connectivity index (χ2v) is 8.83. The van der Waals surface area contributed by atoms with E-state index in [2.05, 4.69) is 34.9 Å². The van der Waals surface area contributed by atoms with Gasteiger partial charge in [0.1, 0.15) is 0 Å². The molecule has 0 spiro atoms. The topological polar surface area (TPSA) is 74.2 Å². The summed E-state index contributed by atoms with van der Waals surface area (Å²) in [5.41, 5.74) is 5.25. The summed E-state index contributed by atoms with van der Waals surface area (Å²) in [6.45, 7) is 1.63. The first-order valence-corrected chi connectivity index (χ1v) is 12.4. The molecule has 1 aromatic heterocycles. The molecule has 1 aliphatic carbocycles. The third-order valence-electron chi connectivity index (χ3n) is 6.35. The molecule has 170 valence electrons. The number of para-hydroxylation sites is 1. The van der Waals surface area contributed by atoms with Gasteiger partial charge in [-0.1, -0.05) is 69.6 Å². The first kappa shape index (κ1) is 23.4. The molecule has 0 unspecified atom stereocenters. The fourth-order valence-corrected chi connectivity index (χ4v) is 4.65. The molecule has 0 fully saturated rings. The van der Waals surface area contributed by atoms with Crippen molar-refractivity contribution in [1.82, 2.24) is 10.3 Å². The van der Waals surface area contributed by atoms with Gasteiger partial charge in [0.25, 0.3) is 0 Å². The molecule has 3 rings (SSSR count). The highest BCUT2D eigenvalue weighted by molar-refractivity contribution is 5.93. The van der Waals surface area contributed by atoms with Crippen molar-refractivity contribution < 1.29 is 9.90 Å². The number of unbranched alkanes of at least 4 members (excludes halogenated alkanes) is 9. The van der Waals surface area contributed by atoms with Crippen LogP contribution in [0, 0.1) is 0 Å². The van der Waals surface area contributed by atoms with Gasteiger partial charge in [-0.15, -0.1) is 0 Å². The van der Waals surface area contributed by atoms with Gasteiger partial charge in [0.05, 0.1) is 5.52 Å². The van der Waals surface area contributed by atoms with Crippen LogP contribution >= 0.6 is 0 Å². The molecule has 0 aliphatic heterocycles. The zero-order valence-electron chi connectivity index (χ0n) is 18.9. The second-order valence-electron chi connectivity index (χ2n) is 8.83. The molecule has 0 saturated heterocycles. The highest BCUT2D eigenvalue weighted by Gasteiger charge is 2.17. The van der Waals surface area contributed by atoms with E-state index < -0.39 is 6.09 Å². The highest BCUT2D eigenvalue weighted by Crippen LogP contribution is 2.33. The van der Waals surface area contributed by atoms with Gasteiger partial charge >= 0.3 is 6.09 Å². The number of fused-ring (bicyclic) bond motifs is 2. The number of amides is 1. The van der Waals surface area contributed by atoms with Gasteiger partial charge in [0.15, 0.2) is 0 Å². The smallest absolute Gasteiger partial charge is 0.404 e. The van der Waals surface area contributed by atoms with Crippen molar-refractivity contribution in [2.45, 2.75) is 89.9 Å². The maximum atomic E-state index is 10.4. The van der Waals surface area contributed by atoms with E-state index in [1.165, 1.54) is 86.5 Å². The van der Waals surface area contributed by atoms with E-state index in [0.29, 0.717) is 6.54 Å². The minimum absolute atomic E-state index is 0.585. The summed E-state index contributed by atoms with van der Waals surface area (Å²) in [6.07, 6.45) is 16.3. The van der Waals surface area contributed by atoms with Crippen molar-refractivity contribution in [2.75, 3.05) is 18.4 Å². The third kappa shape index (κ3) is 7.71. The van der Waals surface area contributed by atoms with Crippen molar-refractivity contribution in [3.63, 3.8) is 0 Å². The van der Waals surface area contributed by atoms with Gasteiger partial charge in [-0.3, -0.25) is 4.98 Å². The quantitative estimate of drug-likeness (QED) is 0.295. The first-order valence-electron chi connectivity index (χ1n) is 12.4. The number of anilines is 1. The monoisotopic (exact) mass is 425 g/mol. The predicted octanol–water partition coefficient (Wildman–Crippen LogP) is 6.69. The summed E-state index contributed by atoms with van der Waals surface area (Å²) in [4.78, 5) is 15.3. The summed E-state index contributed by atoms with van der Waals surface area (Å²) in [5.74, 6) is 0. The van der Waals surface area contributed by atoms with Crippen LogP contribution in [0.5, 0.6) is 0 Å². The standard InChI is InChI=1S/C26H39N3O2/c30-26(31)28-20-14-8-6-4-2-1-3-5-7-13-19-27-25-21-15-9-11-17-23(21)29-24-18-12-10-16-22(24)25/h9,11,15,17,28H,1-8,10,12-14,16,18-20H2,(H,27,29)(H,30,31). The number of nitrogens with one attached hydrogen (secondary N) is 2. The SMILES string of the molecule is O=C(O)NCCCCCCCCCCCCNc1c2c(nc3ccccc13)CCCC2. The number of nitrogens with zero attached hydrogens (tertiary/aromatic N) is 1. The lowest BCUT2D eigenvalue weighted by Crippen LogP contribution is -2.21. The van der Waals surface area contributed by atoms with Crippen molar-refractivity contribution in [2.24, 2.45) is 0 Å². The Morgan fingerprint density at radius 1 is 0.839 bits per heavy atom. The van der Waals surface area contributed by atoms with Gasteiger partial charge in [0.2, 0.25) is 0 Å². The number of aryl methyl sites for hydroxylation is 1. The van der Waals surface area contributed by atoms with Crippen LogP contribution < -0.4 is 10.6 Å². The molecule has 1 aromatic carbocycles. The lowest BCUT2D eigenvalue weighted by atomic mass is 9.92. The van der Waals surface area contributed by atoms with Crippen LogP contribution in [-0.2, 0) is 12.8 Å². The molecule has 0 atom stereocenters. The lowest BCUT2D eigenvalue weighted by molar-refractivity contribution is 0.194. The third-order valence-corrected chi connectivity index (χ3v) is 6.35. The van der Waals surface area contributed by atoms with Crippen LogP contribution in [0.15, 0.2) is 24.3 Å². The molecule has 0 radical (unpaired) electrons. The number of aromatic nitrogens is 1. The molecule has 5 nitrogen and oxygen atoms in total. The van der Waals surface area contributed by atoms with Gasteiger partial charge in [-0.25, -0.2) is 4.79 Å². The van der Waals surface area contributed by atoms with Gasteiger partial charge in [0, 0.05) is 29.9 Å². The van der Waals surface area contributed by atoms with E-state index in [1.807, 2.05) is 0 Å². The Morgan fingerprint density at radius 3 is 2.16 bits per heavy atom. The summed E-state index contributed by atoms with van der Waals surface area (Å²) >= 11 is 0. The Kier molecular flexibility index (Phi) is 9.94. The fourth-order valence-electron chi connectivity index (χ4n) is 4.65. The summed E-state index contributed by atoms with van der Waals surface area (Å²) in [7, 11) is 0. The normalized spacial score (nSPS) is 13.2. The van der Waals surface area contributed by atoms with E-state index in [-0.39, 0.29) is 0 Å². The zero-order chi connectivity index (χ0) is 21.7. The Bertz CT molecular complexity index is 822. The Hall–Kier alpha value is -2.30. The highest BCUT2D eigenvalue weighted by atomic mass is 16.4. The first-order chi connectivity index (χ1) is 15.3. The molecular weight excluding hydrogens is 386 g/mol. The maximum Gasteiger partial charge on any atom is 0.404 e. The van der Waals surface area contributed by atoms with Crippen LogP contribution in [-0.4, -0.2) is 29.3 Å². The molecule has 1 amide bonds. The minimum atomic E-state index is -0.913. The molecular formula is C26H39N3O2. The number of hydrogen-bond donors (Lipinski definition) is 3. The average molecular weight is 426 g/mol. The summed E-state index contributed by atoms with van der Waals surface area (Å²) in [5, 5.41) is 16.0. The van der Waals surface area contributed by atoms with Crippen molar-refractivity contribution >= 4 is 22.7 Å². The van der Waals surface area contributed by atoms with E-state index in [0.717, 1.165) is 37.7 Å². The van der Waals surface area contributed by atoms with E-state index >= 15 is 0 Å². The van der Waals surface area contributed by atoms with Crippen LogP contribution in [0.25, 0.3) is 10.9 Å². The van der Waals surface area contributed by atoms with Crippen LogP contribution in [0.2, 0.25) is 0 Å². The van der Waals surface area contributed by atoms with Crippen molar-refractivity contribution in [3.8, 4) is 0 Å². The number of rotatable bonds is 14. The van der Waals surface area contributed by atoms with Gasteiger partial charge in [-0.05, 0) is 50.2 Å². The van der Waals surface area contributed by atoms with Crippen molar-refractivity contribution in [3.05, 3.63) is 35.5 Å². The minimum Gasteiger partial charge on any atom is -0.465 e. The Balaban J connectivity index is 1.27. The average Bonchev–Trinajstić information content (AvgIpc) is 2.78. The number of benzene rings is 1. The number of carbonyl (C=O) groups is 1. The fraction of sp³-hybridized carbons (Fsp3) is 0.615. The van der Waals surface area contributed by atoms with Gasteiger partial charge in [-0.2, -0.15) is 0 Å². The summed E-state index contributed by atoms with van der Waals surface area (Å²) < 4.78 is 0. The predicted molar refractivity (Wildman–Crippen MR) is 129 cm³/mol. The summed E-state index contributed by atoms with van der Waals surface area (Å²) in [6, 6.07) is 8.56. The van der Waals surface area contributed by atoms with E-state index in [1.54, 1.807) is 0 Å². The Morgan fingerprint density at radius 2 is 1.45 bits per heavy atom. The zero-order valence-corrected chi connectivity index (χ0v) is 18.9. The largest absolute Gasteiger partial charge is 0.465 e. The molecule has 3 N–H and O–H groups in total. The van der Waals surface area contributed by atoms with Crippen LogP contribution in [0.4, 0.5) is 10.5 Å². The molecule has 2 aromatic rings. The number of carboxylic acid groups (broad SMARTS) is 1. The molecule has 31 heavy (non-hydrogen) atoms. The van der Waals surface area contributed by atoms with Crippen LogP contribution in [0.3, 0.4) is 0 Å².